The van der Waals surface area contributed by atoms with Gasteiger partial charge in [-0.2, -0.15) is 0 Å². The number of hydrogen-bond donors (Lipinski definition) is 1. The number of hydrogen-bond acceptors (Lipinski definition) is 3. The second-order valence-electron chi connectivity index (χ2n) is 7.74. The van der Waals surface area contributed by atoms with E-state index in [1.165, 1.54) is 42.1 Å². The number of ether oxygens (including phenoxy) is 1. The molecule has 26 heavy (non-hydrogen) atoms. The molecule has 4 heteroatoms. The van der Waals surface area contributed by atoms with Gasteiger partial charge in [0.05, 0.1) is 7.11 Å². The van der Waals surface area contributed by atoms with Crippen molar-refractivity contribution in [1.82, 2.24) is 5.32 Å². The second-order valence-corrected chi connectivity index (χ2v) is 7.74. The van der Waals surface area contributed by atoms with Crippen molar-refractivity contribution in [2.75, 3.05) is 31.6 Å². The van der Waals surface area contributed by atoms with E-state index < -0.39 is 0 Å². The summed E-state index contributed by atoms with van der Waals surface area (Å²) < 4.78 is 19.9. The van der Waals surface area contributed by atoms with Crippen molar-refractivity contribution >= 4 is 5.69 Å². The van der Waals surface area contributed by atoms with Gasteiger partial charge in [0.15, 0.2) is 0 Å². The molecular formula is C22H25FN2O. The summed E-state index contributed by atoms with van der Waals surface area (Å²) in [5.41, 5.74) is 5.96. The highest BCUT2D eigenvalue weighted by atomic mass is 19.1. The molecule has 3 aliphatic heterocycles. The van der Waals surface area contributed by atoms with Crippen LogP contribution in [0.5, 0.6) is 5.75 Å². The molecule has 3 nitrogen and oxygen atoms in total. The number of rotatable bonds is 2. The van der Waals surface area contributed by atoms with Crippen LogP contribution in [0.4, 0.5) is 10.1 Å². The van der Waals surface area contributed by atoms with Gasteiger partial charge in [-0.05, 0) is 73.2 Å². The number of nitrogens with zero attached hydrogens (tertiary/aromatic N) is 1. The van der Waals surface area contributed by atoms with Gasteiger partial charge < -0.3 is 15.0 Å². The number of anilines is 1. The number of fused-ring (bicyclic) bond motifs is 3. The summed E-state index contributed by atoms with van der Waals surface area (Å²) in [4.78, 5) is 2.66. The number of piperidine rings is 1. The second kappa shape index (κ2) is 6.27. The lowest BCUT2D eigenvalue weighted by Gasteiger charge is -2.33. The predicted octanol–water partition coefficient (Wildman–Crippen LogP) is 4.10. The standard InChI is InChI=1S/C22H25FN2O/c1-26-16-5-6-17(20(23)12-16)15-10-14-4-2-3-9-25-21-7-8-24-13-19(21)18(11-15)22(14)25/h5-6,10-12,19,21,24H,2-4,7-9,13H2,1H3/t19-,21-/m0/s1. The normalized spacial score (nSPS) is 24.0. The van der Waals surface area contributed by atoms with Crippen LogP contribution >= 0.6 is 0 Å². The quantitative estimate of drug-likeness (QED) is 0.881. The van der Waals surface area contributed by atoms with E-state index >= 15 is 0 Å². The first-order valence-electron chi connectivity index (χ1n) is 9.74. The first-order valence-corrected chi connectivity index (χ1v) is 9.74. The fourth-order valence-electron chi connectivity index (χ4n) is 5.13. The van der Waals surface area contributed by atoms with Crippen LogP contribution in [0.1, 0.15) is 36.3 Å². The third-order valence-electron chi connectivity index (χ3n) is 6.33. The maximum atomic E-state index is 14.7. The molecule has 1 fully saturated rings. The van der Waals surface area contributed by atoms with Crippen molar-refractivity contribution < 1.29 is 9.13 Å². The lowest BCUT2D eigenvalue weighted by molar-refractivity contribution is 0.401. The molecule has 0 bridgehead atoms. The van der Waals surface area contributed by atoms with Crippen molar-refractivity contribution in [2.45, 2.75) is 37.6 Å². The molecule has 136 valence electrons. The third kappa shape index (κ3) is 2.43. The molecule has 1 N–H and O–H groups in total. The Labute approximate surface area is 154 Å². The predicted molar refractivity (Wildman–Crippen MR) is 103 cm³/mol. The average Bonchev–Trinajstić information content (AvgIpc) is 2.83. The average molecular weight is 352 g/mol. The summed E-state index contributed by atoms with van der Waals surface area (Å²) in [5, 5.41) is 3.57. The van der Waals surface area contributed by atoms with Crippen LogP contribution in [0.3, 0.4) is 0 Å². The minimum absolute atomic E-state index is 0.210. The van der Waals surface area contributed by atoms with Gasteiger partial charge in [-0.25, -0.2) is 4.39 Å². The Kier molecular flexibility index (Phi) is 3.89. The lowest BCUT2D eigenvalue weighted by atomic mass is 9.87. The van der Waals surface area contributed by atoms with Crippen molar-refractivity contribution in [3.63, 3.8) is 0 Å². The van der Waals surface area contributed by atoms with Gasteiger partial charge in [-0.1, -0.05) is 0 Å². The van der Waals surface area contributed by atoms with Crippen molar-refractivity contribution in [2.24, 2.45) is 0 Å². The number of nitrogens with one attached hydrogen (secondary N) is 1. The molecule has 0 spiro atoms. The van der Waals surface area contributed by atoms with Gasteiger partial charge in [-0.15, -0.1) is 0 Å². The van der Waals surface area contributed by atoms with Crippen molar-refractivity contribution in [3.05, 3.63) is 47.3 Å². The van der Waals surface area contributed by atoms with E-state index in [0.717, 1.165) is 31.6 Å². The Morgan fingerprint density at radius 3 is 2.96 bits per heavy atom. The Morgan fingerprint density at radius 1 is 1.19 bits per heavy atom. The molecule has 2 aromatic carbocycles. The number of halogens is 1. The first kappa shape index (κ1) is 16.1. The van der Waals surface area contributed by atoms with Gasteiger partial charge in [-0.3, -0.25) is 0 Å². The number of aryl methyl sites for hydroxylation is 1. The van der Waals surface area contributed by atoms with Crippen molar-refractivity contribution in [1.29, 1.82) is 0 Å². The summed E-state index contributed by atoms with van der Waals surface area (Å²) in [6.45, 7) is 3.29. The molecule has 2 aromatic rings. The maximum absolute atomic E-state index is 14.7. The zero-order valence-corrected chi connectivity index (χ0v) is 15.2. The monoisotopic (exact) mass is 352 g/mol. The zero-order chi connectivity index (χ0) is 17.7. The van der Waals surface area contributed by atoms with Crippen LogP contribution in [0, 0.1) is 5.82 Å². The molecule has 0 aliphatic carbocycles. The molecule has 1 saturated heterocycles. The van der Waals surface area contributed by atoms with Crippen LogP contribution in [0.2, 0.25) is 0 Å². The molecule has 2 atom stereocenters. The number of benzene rings is 2. The summed E-state index contributed by atoms with van der Waals surface area (Å²) in [7, 11) is 1.57. The van der Waals surface area contributed by atoms with E-state index in [-0.39, 0.29) is 5.82 Å². The van der Waals surface area contributed by atoms with Crippen LogP contribution in [-0.4, -0.2) is 32.8 Å². The van der Waals surface area contributed by atoms with E-state index in [2.05, 4.69) is 22.3 Å². The first-order chi connectivity index (χ1) is 12.8. The van der Waals surface area contributed by atoms with Gasteiger partial charge in [0.25, 0.3) is 0 Å². The summed E-state index contributed by atoms with van der Waals surface area (Å²) >= 11 is 0. The molecule has 0 saturated carbocycles. The molecule has 0 radical (unpaired) electrons. The molecule has 0 unspecified atom stereocenters. The maximum Gasteiger partial charge on any atom is 0.134 e. The van der Waals surface area contributed by atoms with Crippen LogP contribution in [0.15, 0.2) is 30.3 Å². The van der Waals surface area contributed by atoms with Gasteiger partial charge in [0.1, 0.15) is 11.6 Å². The minimum Gasteiger partial charge on any atom is -0.497 e. The Bertz CT molecular complexity index is 850. The van der Waals surface area contributed by atoms with Crippen LogP contribution < -0.4 is 15.0 Å². The highest BCUT2D eigenvalue weighted by Gasteiger charge is 2.41. The Balaban J connectivity index is 1.66. The summed E-state index contributed by atoms with van der Waals surface area (Å²) in [6, 6.07) is 10.3. The fraction of sp³-hybridized carbons (Fsp3) is 0.455. The Morgan fingerprint density at radius 2 is 2.12 bits per heavy atom. The topological polar surface area (TPSA) is 24.5 Å². The summed E-state index contributed by atoms with van der Waals surface area (Å²) in [6.07, 6.45) is 4.76. The molecule has 0 amide bonds. The molecular weight excluding hydrogens is 327 g/mol. The fourth-order valence-corrected chi connectivity index (χ4v) is 5.13. The zero-order valence-electron chi connectivity index (χ0n) is 15.2. The van der Waals surface area contributed by atoms with Gasteiger partial charge in [0, 0.05) is 42.4 Å². The largest absolute Gasteiger partial charge is 0.497 e. The minimum atomic E-state index is -0.210. The smallest absolute Gasteiger partial charge is 0.134 e. The summed E-state index contributed by atoms with van der Waals surface area (Å²) in [5.74, 6) is 0.878. The van der Waals surface area contributed by atoms with E-state index in [0.29, 0.717) is 23.3 Å². The van der Waals surface area contributed by atoms with E-state index in [9.17, 15) is 4.39 Å². The molecule has 3 heterocycles. The molecule has 0 aromatic heterocycles. The third-order valence-corrected chi connectivity index (χ3v) is 6.33. The van der Waals surface area contributed by atoms with E-state index in [4.69, 9.17) is 4.74 Å². The lowest BCUT2D eigenvalue weighted by Crippen LogP contribution is -2.44. The van der Waals surface area contributed by atoms with Crippen LogP contribution in [-0.2, 0) is 6.42 Å². The molecule has 5 rings (SSSR count). The Hall–Kier alpha value is -2.07. The van der Waals surface area contributed by atoms with Gasteiger partial charge >= 0.3 is 0 Å². The van der Waals surface area contributed by atoms with Crippen LogP contribution in [0.25, 0.3) is 11.1 Å². The van der Waals surface area contributed by atoms with Gasteiger partial charge in [0.2, 0.25) is 0 Å². The molecule has 3 aliphatic rings. The highest BCUT2D eigenvalue weighted by Crippen LogP contribution is 2.48. The van der Waals surface area contributed by atoms with E-state index in [1.807, 2.05) is 12.1 Å². The van der Waals surface area contributed by atoms with Crippen molar-refractivity contribution in [3.8, 4) is 16.9 Å². The van der Waals surface area contributed by atoms with E-state index in [1.54, 1.807) is 7.11 Å². The number of methoxy groups -OCH3 is 1. The highest BCUT2D eigenvalue weighted by molar-refractivity contribution is 5.76. The SMILES string of the molecule is COc1ccc(-c2cc3c4c(c2)[C@@H]2CNCC[C@@H]2N4CCCC3)c(F)c1.